The van der Waals surface area contributed by atoms with Gasteiger partial charge in [0.1, 0.15) is 5.75 Å². The van der Waals surface area contributed by atoms with Crippen molar-refractivity contribution in [2.75, 3.05) is 13.7 Å². The molecule has 1 aliphatic carbocycles. The second-order valence-corrected chi connectivity index (χ2v) is 5.69. The van der Waals surface area contributed by atoms with E-state index in [4.69, 9.17) is 4.74 Å². The molecule has 0 fully saturated rings. The van der Waals surface area contributed by atoms with Crippen LogP contribution in [0.1, 0.15) is 50.3 Å². The van der Waals surface area contributed by atoms with Gasteiger partial charge in [-0.15, -0.1) is 0 Å². The molecule has 2 atom stereocenters. The molecule has 1 amide bonds. The Morgan fingerprint density at radius 3 is 3.00 bits per heavy atom. The number of fused-ring (bicyclic) bond motifs is 1. The summed E-state index contributed by atoms with van der Waals surface area (Å²) in [5.74, 6) is 0.956. The Kier molecular flexibility index (Phi) is 5.62. The van der Waals surface area contributed by atoms with E-state index in [0.717, 1.165) is 38.0 Å². The van der Waals surface area contributed by atoms with Crippen LogP contribution in [0.4, 0.5) is 0 Å². The summed E-state index contributed by atoms with van der Waals surface area (Å²) in [4.78, 5) is 12.0. The second-order valence-electron chi connectivity index (χ2n) is 5.69. The molecule has 2 rings (SSSR count). The minimum atomic E-state index is -0.182. The zero-order chi connectivity index (χ0) is 15.2. The fourth-order valence-electron chi connectivity index (χ4n) is 2.86. The molecule has 0 radical (unpaired) electrons. The first-order valence-corrected chi connectivity index (χ1v) is 7.86. The van der Waals surface area contributed by atoms with Gasteiger partial charge in [0, 0.05) is 12.6 Å². The third-order valence-electron chi connectivity index (χ3n) is 4.06. The summed E-state index contributed by atoms with van der Waals surface area (Å²) >= 11 is 0. The highest BCUT2D eigenvalue weighted by Crippen LogP contribution is 2.32. The van der Waals surface area contributed by atoms with Gasteiger partial charge in [0.15, 0.2) is 0 Å². The Bertz CT molecular complexity index is 488. The van der Waals surface area contributed by atoms with Crippen LogP contribution in [0.3, 0.4) is 0 Å². The van der Waals surface area contributed by atoms with Gasteiger partial charge in [-0.2, -0.15) is 0 Å². The highest BCUT2D eigenvalue weighted by molar-refractivity contribution is 5.81. The van der Waals surface area contributed by atoms with Crippen LogP contribution in [0.2, 0.25) is 0 Å². The van der Waals surface area contributed by atoms with Crippen molar-refractivity contribution in [3.63, 3.8) is 0 Å². The minimum absolute atomic E-state index is 0.0758. The van der Waals surface area contributed by atoms with E-state index in [1.807, 2.05) is 13.0 Å². The van der Waals surface area contributed by atoms with Crippen molar-refractivity contribution in [3.05, 3.63) is 29.3 Å². The van der Waals surface area contributed by atoms with Crippen molar-refractivity contribution in [1.82, 2.24) is 10.6 Å². The number of carbonyl (C=O) groups excluding carboxylic acids is 1. The smallest absolute Gasteiger partial charge is 0.236 e. The minimum Gasteiger partial charge on any atom is -0.497 e. The maximum absolute atomic E-state index is 12.0. The Balaban J connectivity index is 2.07. The predicted octanol–water partition coefficient (Wildman–Crippen LogP) is 2.58. The van der Waals surface area contributed by atoms with Crippen molar-refractivity contribution >= 4 is 5.91 Å². The first-order chi connectivity index (χ1) is 10.2. The fraction of sp³-hybridized carbons (Fsp3) is 0.588. The molecule has 0 bridgehead atoms. The van der Waals surface area contributed by atoms with Crippen LogP contribution in [0.15, 0.2) is 18.2 Å². The SMILES string of the molecule is CCCNC(=O)C(C)NC1CCCc2ccc(OC)cc21. The maximum Gasteiger partial charge on any atom is 0.236 e. The average Bonchev–Trinajstić information content (AvgIpc) is 2.52. The molecule has 1 aliphatic rings. The van der Waals surface area contributed by atoms with Crippen molar-refractivity contribution in [2.24, 2.45) is 0 Å². The zero-order valence-electron chi connectivity index (χ0n) is 13.2. The topological polar surface area (TPSA) is 50.4 Å². The van der Waals surface area contributed by atoms with Gasteiger partial charge < -0.3 is 10.1 Å². The number of ether oxygens (including phenoxy) is 1. The molecule has 0 aromatic heterocycles. The monoisotopic (exact) mass is 290 g/mol. The van der Waals surface area contributed by atoms with E-state index in [9.17, 15) is 4.79 Å². The number of amides is 1. The summed E-state index contributed by atoms with van der Waals surface area (Å²) in [5.41, 5.74) is 2.64. The quantitative estimate of drug-likeness (QED) is 0.846. The van der Waals surface area contributed by atoms with Gasteiger partial charge in [-0.25, -0.2) is 0 Å². The highest BCUT2D eigenvalue weighted by Gasteiger charge is 2.24. The van der Waals surface area contributed by atoms with E-state index in [1.165, 1.54) is 11.1 Å². The van der Waals surface area contributed by atoms with Crippen molar-refractivity contribution in [1.29, 1.82) is 0 Å². The molecule has 2 N–H and O–H groups in total. The molecule has 0 spiro atoms. The lowest BCUT2D eigenvalue weighted by atomic mass is 9.87. The molecule has 2 unspecified atom stereocenters. The summed E-state index contributed by atoms with van der Waals surface area (Å²) in [6.45, 7) is 4.72. The van der Waals surface area contributed by atoms with Crippen LogP contribution in [0.25, 0.3) is 0 Å². The molecule has 116 valence electrons. The molecular formula is C17H26N2O2. The van der Waals surface area contributed by atoms with Gasteiger partial charge in [-0.05, 0) is 55.9 Å². The second kappa shape index (κ2) is 7.46. The van der Waals surface area contributed by atoms with Crippen LogP contribution < -0.4 is 15.4 Å². The molecule has 4 heteroatoms. The number of nitrogens with one attached hydrogen (secondary N) is 2. The Labute approximate surface area is 127 Å². The van der Waals surface area contributed by atoms with E-state index in [-0.39, 0.29) is 18.0 Å². The first-order valence-electron chi connectivity index (χ1n) is 7.86. The molecule has 0 saturated heterocycles. The maximum atomic E-state index is 12.0. The van der Waals surface area contributed by atoms with Crippen LogP contribution in [0.5, 0.6) is 5.75 Å². The summed E-state index contributed by atoms with van der Waals surface area (Å²) in [5, 5.41) is 6.41. The molecule has 0 saturated carbocycles. The van der Waals surface area contributed by atoms with Gasteiger partial charge in [0.2, 0.25) is 5.91 Å². The number of carbonyl (C=O) groups is 1. The Morgan fingerprint density at radius 2 is 2.29 bits per heavy atom. The third kappa shape index (κ3) is 3.97. The number of aryl methyl sites for hydroxylation is 1. The normalized spacial score (nSPS) is 18.7. The summed E-state index contributed by atoms with van der Waals surface area (Å²) < 4.78 is 5.33. The number of benzene rings is 1. The van der Waals surface area contributed by atoms with Crippen LogP contribution in [-0.2, 0) is 11.2 Å². The van der Waals surface area contributed by atoms with Crippen LogP contribution in [-0.4, -0.2) is 25.6 Å². The lowest BCUT2D eigenvalue weighted by Crippen LogP contribution is -2.44. The van der Waals surface area contributed by atoms with E-state index in [1.54, 1.807) is 7.11 Å². The molecule has 0 aliphatic heterocycles. The molecule has 21 heavy (non-hydrogen) atoms. The number of hydrogen-bond acceptors (Lipinski definition) is 3. The van der Waals surface area contributed by atoms with Gasteiger partial charge in [-0.1, -0.05) is 13.0 Å². The van der Waals surface area contributed by atoms with Crippen molar-refractivity contribution in [2.45, 2.75) is 51.6 Å². The molecule has 4 nitrogen and oxygen atoms in total. The van der Waals surface area contributed by atoms with Crippen LogP contribution >= 0.6 is 0 Å². The Hall–Kier alpha value is -1.55. The molecule has 1 aromatic rings. The highest BCUT2D eigenvalue weighted by atomic mass is 16.5. The molecule has 0 heterocycles. The zero-order valence-corrected chi connectivity index (χ0v) is 13.2. The molecule has 1 aromatic carbocycles. The van der Waals surface area contributed by atoms with Gasteiger partial charge >= 0.3 is 0 Å². The van der Waals surface area contributed by atoms with Gasteiger partial charge in [0.05, 0.1) is 13.2 Å². The number of rotatable bonds is 6. The van der Waals surface area contributed by atoms with Crippen molar-refractivity contribution in [3.8, 4) is 5.75 Å². The third-order valence-corrected chi connectivity index (χ3v) is 4.06. The number of methoxy groups -OCH3 is 1. The lowest BCUT2D eigenvalue weighted by Gasteiger charge is -2.29. The summed E-state index contributed by atoms with van der Waals surface area (Å²) in [7, 11) is 1.69. The molecular weight excluding hydrogens is 264 g/mol. The standard InChI is InChI=1S/C17H26N2O2/c1-4-10-18-17(20)12(2)19-16-7-5-6-13-8-9-14(21-3)11-15(13)16/h8-9,11-12,16,19H,4-7,10H2,1-3H3,(H,18,20). The summed E-state index contributed by atoms with van der Waals surface area (Å²) in [6, 6.07) is 6.30. The summed E-state index contributed by atoms with van der Waals surface area (Å²) in [6.07, 6.45) is 4.28. The lowest BCUT2D eigenvalue weighted by molar-refractivity contribution is -0.122. The average molecular weight is 290 g/mol. The van der Waals surface area contributed by atoms with E-state index < -0.39 is 0 Å². The van der Waals surface area contributed by atoms with Crippen molar-refractivity contribution < 1.29 is 9.53 Å². The van der Waals surface area contributed by atoms with Crippen LogP contribution in [0, 0.1) is 0 Å². The first kappa shape index (κ1) is 15.8. The largest absolute Gasteiger partial charge is 0.497 e. The number of hydrogen-bond donors (Lipinski definition) is 2. The van der Waals surface area contributed by atoms with E-state index >= 15 is 0 Å². The van der Waals surface area contributed by atoms with Gasteiger partial charge in [0.25, 0.3) is 0 Å². The predicted molar refractivity (Wildman–Crippen MR) is 84.6 cm³/mol. The van der Waals surface area contributed by atoms with Gasteiger partial charge in [-0.3, -0.25) is 10.1 Å². The van der Waals surface area contributed by atoms with E-state index in [2.05, 4.69) is 29.7 Å². The van der Waals surface area contributed by atoms with E-state index in [0.29, 0.717) is 0 Å². The fourth-order valence-corrected chi connectivity index (χ4v) is 2.86. The Morgan fingerprint density at radius 1 is 1.48 bits per heavy atom.